The largest absolute Gasteiger partial charge is 0.508 e. The maximum Gasteiger partial charge on any atom is 0.261 e. The van der Waals surface area contributed by atoms with E-state index in [1.807, 2.05) is 26.2 Å². The van der Waals surface area contributed by atoms with Gasteiger partial charge >= 0.3 is 0 Å². The van der Waals surface area contributed by atoms with Crippen molar-refractivity contribution in [1.29, 1.82) is 0 Å². The van der Waals surface area contributed by atoms with Gasteiger partial charge in [-0.2, -0.15) is 0 Å². The Morgan fingerprint density at radius 2 is 1.83 bits per heavy atom. The van der Waals surface area contributed by atoms with Crippen LogP contribution in [-0.2, 0) is 6.54 Å². The van der Waals surface area contributed by atoms with Gasteiger partial charge in [-0.15, -0.1) is 0 Å². The number of fused-ring (bicyclic) bond motifs is 1. The molecule has 0 aliphatic carbocycles. The van der Waals surface area contributed by atoms with Gasteiger partial charge in [0.05, 0.1) is 25.1 Å². The SMILES string of the molecule is COc1cc2nc(/C=C/c3cccc(O)c3)n(CCCN(C)C)c(=O)c2cc1OC. The molecule has 0 saturated heterocycles. The molecule has 1 N–H and O–H groups in total. The first-order valence-corrected chi connectivity index (χ1v) is 9.71. The van der Waals surface area contributed by atoms with E-state index >= 15 is 0 Å². The summed E-state index contributed by atoms with van der Waals surface area (Å²) in [5.41, 5.74) is 1.23. The quantitative estimate of drug-likeness (QED) is 0.616. The Balaban J connectivity index is 2.12. The van der Waals surface area contributed by atoms with E-state index < -0.39 is 0 Å². The molecule has 7 nitrogen and oxygen atoms in total. The molecular weight excluding hydrogens is 382 g/mol. The van der Waals surface area contributed by atoms with Gasteiger partial charge in [-0.25, -0.2) is 4.98 Å². The predicted molar refractivity (Wildman–Crippen MR) is 119 cm³/mol. The van der Waals surface area contributed by atoms with Gasteiger partial charge in [0.1, 0.15) is 11.6 Å². The van der Waals surface area contributed by atoms with Crippen molar-refractivity contribution < 1.29 is 14.6 Å². The number of phenols is 1. The summed E-state index contributed by atoms with van der Waals surface area (Å²) in [6.45, 7) is 1.39. The summed E-state index contributed by atoms with van der Waals surface area (Å²) >= 11 is 0. The van der Waals surface area contributed by atoms with Gasteiger partial charge in [-0.1, -0.05) is 18.2 Å². The van der Waals surface area contributed by atoms with Gasteiger partial charge in [-0.05, 0) is 56.9 Å². The number of nitrogens with zero attached hydrogens (tertiary/aromatic N) is 3. The minimum atomic E-state index is -0.129. The molecule has 0 bridgehead atoms. The third-order valence-electron chi connectivity index (χ3n) is 4.77. The molecule has 0 unspecified atom stereocenters. The molecule has 1 aromatic heterocycles. The first-order valence-electron chi connectivity index (χ1n) is 9.71. The zero-order valence-electron chi connectivity index (χ0n) is 17.8. The van der Waals surface area contributed by atoms with E-state index in [0.717, 1.165) is 18.5 Å². The van der Waals surface area contributed by atoms with Gasteiger partial charge in [0.2, 0.25) is 0 Å². The molecule has 0 spiro atoms. The van der Waals surface area contributed by atoms with E-state index in [9.17, 15) is 9.90 Å². The summed E-state index contributed by atoms with van der Waals surface area (Å²) in [5.74, 6) is 1.74. The highest BCUT2D eigenvalue weighted by Gasteiger charge is 2.14. The monoisotopic (exact) mass is 409 g/mol. The molecule has 0 fully saturated rings. The van der Waals surface area contributed by atoms with E-state index in [1.165, 1.54) is 0 Å². The molecule has 0 aliphatic heterocycles. The predicted octanol–water partition coefficient (Wildman–Crippen LogP) is 3.24. The summed E-state index contributed by atoms with van der Waals surface area (Å²) < 4.78 is 12.4. The molecule has 0 aliphatic rings. The molecule has 158 valence electrons. The summed E-state index contributed by atoms with van der Waals surface area (Å²) in [5, 5.41) is 10.2. The molecule has 7 heteroatoms. The van der Waals surface area contributed by atoms with Gasteiger partial charge in [-0.3, -0.25) is 9.36 Å². The molecule has 3 aromatic rings. The Hall–Kier alpha value is -3.32. The maximum absolute atomic E-state index is 13.3. The average Bonchev–Trinajstić information content (AvgIpc) is 2.73. The van der Waals surface area contributed by atoms with Gasteiger partial charge < -0.3 is 19.5 Å². The Morgan fingerprint density at radius 1 is 1.10 bits per heavy atom. The lowest BCUT2D eigenvalue weighted by Crippen LogP contribution is -2.26. The van der Waals surface area contributed by atoms with Crippen molar-refractivity contribution in [2.24, 2.45) is 0 Å². The van der Waals surface area contributed by atoms with Crippen molar-refractivity contribution in [3.8, 4) is 17.2 Å². The highest BCUT2D eigenvalue weighted by molar-refractivity contribution is 5.83. The first-order chi connectivity index (χ1) is 14.4. The fourth-order valence-corrected chi connectivity index (χ4v) is 3.25. The molecule has 0 amide bonds. The second-order valence-corrected chi connectivity index (χ2v) is 7.24. The van der Waals surface area contributed by atoms with Gasteiger partial charge in [0, 0.05) is 12.6 Å². The van der Waals surface area contributed by atoms with Crippen LogP contribution in [0.15, 0.2) is 41.2 Å². The smallest absolute Gasteiger partial charge is 0.261 e. The number of benzene rings is 2. The van der Waals surface area contributed by atoms with E-state index in [-0.39, 0.29) is 11.3 Å². The lowest BCUT2D eigenvalue weighted by molar-refractivity contribution is 0.355. The van der Waals surface area contributed by atoms with Crippen molar-refractivity contribution in [1.82, 2.24) is 14.5 Å². The first kappa shape index (κ1) is 21.4. The molecule has 30 heavy (non-hydrogen) atoms. The number of phenolic OH excluding ortho intramolecular Hbond substituents is 1. The zero-order chi connectivity index (χ0) is 21.7. The molecule has 0 atom stereocenters. The second kappa shape index (κ2) is 9.45. The Kier molecular flexibility index (Phi) is 6.74. The van der Waals surface area contributed by atoms with Crippen LogP contribution in [0.25, 0.3) is 23.1 Å². The number of methoxy groups -OCH3 is 2. The molecule has 1 heterocycles. The number of ether oxygens (including phenoxy) is 2. The summed E-state index contributed by atoms with van der Waals surface area (Å²) in [4.78, 5) is 20.1. The van der Waals surface area contributed by atoms with Gasteiger partial charge in [0.25, 0.3) is 5.56 Å². The number of hydrogen-bond acceptors (Lipinski definition) is 6. The van der Waals surface area contributed by atoms with Crippen molar-refractivity contribution in [3.63, 3.8) is 0 Å². The third-order valence-corrected chi connectivity index (χ3v) is 4.77. The van der Waals surface area contributed by atoms with Crippen molar-refractivity contribution in [2.75, 3.05) is 34.9 Å². The number of aromatic nitrogens is 2. The topological polar surface area (TPSA) is 76.8 Å². The Morgan fingerprint density at radius 3 is 2.50 bits per heavy atom. The fraction of sp³-hybridized carbons (Fsp3) is 0.304. The average molecular weight is 409 g/mol. The van der Waals surface area contributed by atoms with Crippen LogP contribution in [0.3, 0.4) is 0 Å². The van der Waals surface area contributed by atoms with E-state index in [1.54, 1.807) is 55.2 Å². The highest BCUT2D eigenvalue weighted by Crippen LogP contribution is 2.30. The Labute approximate surface area is 175 Å². The molecule has 3 rings (SSSR count). The van der Waals surface area contributed by atoms with Crippen molar-refractivity contribution in [3.05, 3.63) is 58.1 Å². The summed E-state index contributed by atoms with van der Waals surface area (Å²) in [6, 6.07) is 10.3. The summed E-state index contributed by atoms with van der Waals surface area (Å²) in [6.07, 6.45) is 4.43. The highest BCUT2D eigenvalue weighted by atomic mass is 16.5. The lowest BCUT2D eigenvalue weighted by Gasteiger charge is -2.15. The third kappa shape index (κ3) is 4.80. The molecule has 0 radical (unpaired) electrons. The van der Waals surface area contributed by atoms with Crippen LogP contribution in [0.2, 0.25) is 0 Å². The normalized spacial score (nSPS) is 11.5. The van der Waals surface area contributed by atoms with Crippen LogP contribution >= 0.6 is 0 Å². The van der Waals surface area contributed by atoms with Crippen LogP contribution in [0.1, 0.15) is 17.8 Å². The minimum Gasteiger partial charge on any atom is -0.508 e. The summed E-state index contributed by atoms with van der Waals surface area (Å²) in [7, 11) is 7.09. The Bertz CT molecular complexity index is 1120. The van der Waals surface area contributed by atoms with E-state index in [0.29, 0.717) is 34.8 Å². The zero-order valence-corrected chi connectivity index (χ0v) is 17.8. The van der Waals surface area contributed by atoms with Gasteiger partial charge in [0.15, 0.2) is 11.5 Å². The van der Waals surface area contributed by atoms with Crippen LogP contribution in [0.5, 0.6) is 17.2 Å². The van der Waals surface area contributed by atoms with E-state index in [2.05, 4.69) is 4.90 Å². The van der Waals surface area contributed by atoms with Crippen LogP contribution in [-0.4, -0.2) is 54.4 Å². The fourth-order valence-electron chi connectivity index (χ4n) is 3.25. The molecular formula is C23H27N3O4. The number of hydrogen-bond donors (Lipinski definition) is 1. The minimum absolute atomic E-state index is 0.129. The standard InChI is InChI=1S/C23H27N3O4/c1-25(2)11-6-12-26-22(10-9-16-7-5-8-17(27)13-16)24-19-15-21(30-4)20(29-3)14-18(19)23(26)28/h5,7-10,13-15,27H,6,11-12H2,1-4H3/b10-9+. The maximum atomic E-state index is 13.3. The van der Waals surface area contributed by atoms with Crippen LogP contribution < -0.4 is 15.0 Å². The number of rotatable bonds is 8. The lowest BCUT2D eigenvalue weighted by atomic mass is 10.2. The second-order valence-electron chi connectivity index (χ2n) is 7.24. The van der Waals surface area contributed by atoms with Crippen molar-refractivity contribution in [2.45, 2.75) is 13.0 Å². The van der Waals surface area contributed by atoms with Crippen LogP contribution in [0, 0.1) is 0 Å². The molecule has 0 saturated carbocycles. The van der Waals surface area contributed by atoms with E-state index in [4.69, 9.17) is 14.5 Å². The molecule has 2 aromatic carbocycles. The van der Waals surface area contributed by atoms with Crippen molar-refractivity contribution >= 4 is 23.1 Å². The van der Waals surface area contributed by atoms with Crippen LogP contribution in [0.4, 0.5) is 0 Å². The number of aromatic hydroxyl groups is 1.